The van der Waals surface area contributed by atoms with Gasteiger partial charge in [0.15, 0.2) is 17.3 Å². The summed E-state index contributed by atoms with van der Waals surface area (Å²) in [5, 5.41) is 3.50. The van der Waals surface area contributed by atoms with E-state index in [-0.39, 0.29) is 40.4 Å². The van der Waals surface area contributed by atoms with Crippen molar-refractivity contribution in [3.8, 4) is 11.5 Å². The number of ketones is 2. The molecule has 8 heteroatoms. The van der Waals surface area contributed by atoms with Crippen LogP contribution in [0, 0.1) is 0 Å². The number of carbonyl (C=O) groups excluding carboxylic acids is 2. The Morgan fingerprint density at radius 3 is 2.14 bits per heavy atom. The Morgan fingerprint density at radius 2 is 1.51 bits per heavy atom. The second-order valence-corrected chi connectivity index (χ2v) is 9.99. The molecule has 5 rings (SSSR count). The lowest BCUT2D eigenvalue weighted by atomic mass is 9.81. The third-order valence-electron chi connectivity index (χ3n) is 6.63. The molecular weight excluding hydrogens is 464 g/mol. The molecule has 0 aliphatic heterocycles. The molecule has 3 N–H and O–H groups in total. The first-order valence-corrected chi connectivity index (χ1v) is 13.1. The van der Waals surface area contributed by atoms with Crippen LogP contribution in [0.4, 0.5) is 11.4 Å². The summed E-state index contributed by atoms with van der Waals surface area (Å²) in [6.45, 7) is 0. The van der Waals surface area contributed by atoms with E-state index in [9.17, 15) is 18.0 Å². The third-order valence-corrected chi connectivity index (χ3v) is 7.25. The molecule has 0 unspecified atom stereocenters. The fourth-order valence-electron chi connectivity index (χ4n) is 4.90. The molecule has 3 aromatic rings. The molecule has 3 aromatic carbocycles. The van der Waals surface area contributed by atoms with Gasteiger partial charge in [-0.3, -0.25) is 9.59 Å². The topological polar surface area (TPSA) is 116 Å². The second-order valence-electron chi connectivity index (χ2n) is 9.01. The number of rotatable bonds is 6. The van der Waals surface area contributed by atoms with Crippen molar-refractivity contribution in [1.82, 2.24) is 0 Å². The molecule has 0 spiro atoms. The van der Waals surface area contributed by atoms with Gasteiger partial charge in [0.05, 0.1) is 28.3 Å². The van der Waals surface area contributed by atoms with Crippen LogP contribution in [0.2, 0.25) is 0 Å². The zero-order chi connectivity index (χ0) is 24.5. The predicted octanol–water partition coefficient (Wildman–Crippen LogP) is 4.69. The number of fused-ring (bicyclic) bond motifs is 2. The van der Waals surface area contributed by atoms with E-state index in [1.807, 2.05) is 0 Å². The van der Waals surface area contributed by atoms with Crippen LogP contribution in [0.25, 0.3) is 0 Å². The van der Waals surface area contributed by atoms with Crippen LogP contribution in [0.1, 0.15) is 69.5 Å². The lowest BCUT2D eigenvalue weighted by molar-refractivity contribution is 0.0980. The van der Waals surface area contributed by atoms with Crippen molar-refractivity contribution >= 4 is 33.6 Å². The molecular formula is C27H26N2O5S. The fraction of sp³-hybridized carbons (Fsp3) is 0.259. The molecule has 0 amide bonds. The maximum atomic E-state index is 13.5. The lowest BCUT2D eigenvalue weighted by Gasteiger charge is -2.28. The second kappa shape index (κ2) is 9.54. The van der Waals surface area contributed by atoms with Crippen LogP contribution >= 0.6 is 0 Å². The average Bonchev–Trinajstić information content (AvgIpc) is 2.86. The maximum Gasteiger partial charge on any atom is 0.196 e. The lowest BCUT2D eigenvalue weighted by Crippen LogP contribution is -2.28. The van der Waals surface area contributed by atoms with Crippen molar-refractivity contribution in [3.63, 3.8) is 0 Å². The highest BCUT2D eigenvalue weighted by Crippen LogP contribution is 2.42. The minimum Gasteiger partial charge on any atom is -0.455 e. The van der Waals surface area contributed by atoms with Gasteiger partial charge in [0.25, 0.3) is 0 Å². The first kappa shape index (κ1) is 23.1. The van der Waals surface area contributed by atoms with E-state index in [4.69, 9.17) is 10.5 Å². The van der Waals surface area contributed by atoms with E-state index in [0.717, 1.165) is 25.7 Å². The smallest absolute Gasteiger partial charge is 0.196 e. The number of nitrogens with two attached hydrogens (primary N) is 1. The highest BCUT2D eigenvalue weighted by molar-refractivity contribution is 7.71. The molecule has 0 radical (unpaired) electrons. The Bertz CT molecular complexity index is 1380. The maximum absolute atomic E-state index is 13.5. The Hall–Kier alpha value is -3.65. The van der Waals surface area contributed by atoms with E-state index in [2.05, 4.69) is 5.32 Å². The molecule has 1 fully saturated rings. The van der Waals surface area contributed by atoms with Gasteiger partial charge in [0.1, 0.15) is 16.5 Å². The van der Waals surface area contributed by atoms with E-state index < -0.39 is 10.7 Å². The van der Waals surface area contributed by atoms with Crippen LogP contribution in [0.15, 0.2) is 54.6 Å². The molecule has 0 atom stereocenters. The van der Waals surface area contributed by atoms with E-state index in [0.29, 0.717) is 33.7 Å². The molecule has 180 valence electrons. The van der Waals surface area contributed by atoms with Gasteiger partial charge >= 0.3 is 0 Å². The molecule has 0 bridgehead atoms. The minimum atomic E-state index is -2.53. The van der Waals surface area contributed by atoms with Crippen molar-refractivity contribution in [2.75, 3.05) is 11.1 Å². The van der Waals surface area contributed by atoms with Crippen molar-refractivity contribution in [3.05, 3.63) is 82.4 Å². The molecule has 0 aromatic heterocycles. The van der Waals surface area contributed by atoms with Gasteiger partial charge in [-0.05, 0) is 30.5 Å². The van der Waals surface area contributed by atoms with E-state index >= 15 is 0 Å². The number of ether oxygens (including phenoxy) is 1. The zero-order valence-corrected chi connectivity index (χ0v) is 20.0. The summed E-state index contributed by atoms with van der Waals surface area (Å²) in [5.74, 6) is 0.120. The van der Waals surface area contributed by atoms with Crippen LogP contribution in [-0.2, 0) is 16.5 Å². The molecule has 0 heterocycles. The summed E-state index contributed by atoms with van der Waals surface area (Å²) < 4.78 is 28.0. The number of hydrogen-bond acceptors (Lipinski definition) is 7. The Labute approximate surface area is 205 Å². The number of thiol groups is 1. The van der Waals surface area contributed by atoms with Crippen LogP contribution in [-0.4, -0.2) is 26.0 Å². The monoisotopic (exact) mass is 490 g/mol. The molecule has 0 saturated heterocycles. The summed E-state index contributed by atoms with van der Waals surface area (Å²) in [7, 11) is -2.53. The molecule has 2 aliphatic rings. The highest BCUT2D eigenvalue weighted by Gasteiger charge is 2.35. The van der Waals surface area contributed by atoms with Gasteiger partial charge in [0.2, 0.25) is 0 Å². The summed E-state index contributed by atoms with van der Waals surface area (Å²) in [6.07, 6.45) is 5.37. The summed E-state index contributed by atoms with van der Waals surface area (Å²) >= 11 is 0. The molecule has 1 saturated carbocycles. The van der Waals surface area contributed by atoms with Gasteiger partial charge in [-0.2, -0.15) is 0 Å². The number of benzene rings is 3. The van der Waals surface area contributed by atoms with Crippen molar-refractivity contribution < 1.29 is 22.7 Å². The molecule has 2 aliphatic carbocycles. The van der Waals surface area contributed by atoms with Crippen molar-refractivity contribution in [2.45, 2.75) is 43.9 Å². The van der Waals surface area contributed by atoms with Gasteiger partial charge in [-0.15, -0.1) is 0 Å². The molecule has 35 heavy (non-hydrogen) atoms. The normalized spacial score (nSPS) is 15.6. The SMILES string of the molecule is Nc1c(Oc2ccc(C[SH](=O)=O)cc2)cc(NC2CCCCC2)c2c1C(=O)c1ccccc1C2=O. The summed E-state index contributed by atoms with van der Waals surface area (Å²) in [6, 6.07) is 15.3. The fourth-order valence-corrected chi connectivity index (χ4v) is 5.41. The van der Waals surface area contributed by atoms with Gasteiger partial charge in [0, 0.05) is 23.2 Å². The average molecular weight is 491 g/mol. The highest BCUT2D eigenvalue weighted by atomic mass is 32.2. The number of hydrogen-bond donors (Lipinski definition) is 3. The quantitative estimate of drug-likeness (QED) is 0.265. The van der Waals surface area contributed by atoms with E-state index in [1.54, 1.807) is 54.6 Å². The van der Waals surface area contributed by atoms with Crippen LogP contribution < -0.4 is 15.8 Å². The Morgan fingerprint density at radius 1 is 0.886 bits per heavy atom. The van der Waals surface area contributed by atoms with Crippen molar-refractivity contribution in [1.29, 1.82) is 0 Å². The standard InChI is InChI=1S/C27H26N2O5S/c28-25-22(34-18-12-10-16(11-13-18)15-35(32)33)14-21(29-17-6-2-1-3-7-17)23-24(25)27(31)20-9-5-4-8-19(20)26(23)30/h4-5,8-14,17,29,35H,1-3,6-7,15,28H2. The number of anilines is 2. The molecule has 7 nitrogen and oxygen atoms in total. The minimum absolute atomic E-state index is 0.0535. The Kier molecular flexibility index (Phi) is 6.30. The summed E-state index contributed by atoms with van der Waals surface area (Å²) in [5.41, 5.74) is 8.89. The van der Waals surface area contributed by atoms with Crippen molar-refractivity contribution in [2.24, 2.45) is 0 Å². The van der Waals surface area contributed by atoms with E-state index in [1.165, 1.54) is 6.42 Å². The number of carbonyl (C=O) groups is 2. The summed E-state index contributed by atoms with van der Waals surface area (Å²) in [4.78, 5) is 27.0. The first-order valence-electron chi connectivity index (χ1n) is 11.7. The first-order chi connectivity index (χ1) is 16.9. The van der Waals surface area contributed by atoms with Crippen LogP contribution in [0.3, 0.4) is 0 Å². The van der Waals surface area contributed by atoms with Crippen LogP contribution in [0.5, 0.6) is 11.5 Å². The third kappa shape index (κ3) is 4.53. The zero-order valence-electron chi connectivity index (χ0n) is 19.1. The largest absolute Gasteiger partial charge is 0.455 e. The van der Waals surface area contributed by atoms with Gasteiger partial charge < -0.3 is 15.8 Å². The van der Waals surface area contributed by atoms with Gasteiger partial charge in [-0.1, -0.05) is 55.7 Å². The number of nitrogen functional groups attached to an aromatic ring is 1. The Balaban J connectivity index is 1.58. The predicted molar refractivity (Wildman–Crippen MR) is 135 cm³/mol. The number of nitrogens with one attached hydrogen (secondary N) is 1. The van der Waals surface area contributed by atoms with Gasteiger partial charge in [-0.25, -0.2) is 8.42 Å².